The van der Waals surface area contributed by atoms with E-state index in [-0.39, 0.29) is 23.8 Å². The number of hydrogen-bond donors (Lipinski definition) is 1. The van der Waals surface area contributed by atoms with Crippen LogP contribution in [0, 0.1) is 5.41 Å². The van der Waals surface area contributed by atoms with Crippen molar-refractivity contribution in [3.05, 3.63) is 29.3 Å². The van der Waals surface area contributed by atoms with Crippen molar-refractivity contribution in [2.75, 3.05) is 44.7 Å². The Hall–Kier alpha value is -2.41. The van der Waals surface area contributed by atoms with E-state index in [1.807, 2.05) is 21.9 Å². The lowest BCUT2D eigenvalue weighted by molar-refractivity contribution is -0.134. The first-order valence-electron chi connectivity index (χ1n) is 11.4. The molecule has 0 aliphatic carbocycles. The van der Waals surface area contributed by atoms with Gasteiger partial charge in [-0.2, -0.15) is 0 Å². The van der Waals surface area contributed by atoms with Crippen molar-refractivity contribution >= 4 is 23.4 Å². The maximum absolute atomic E-state index is 12.8. The predicted octanol–water partition coefficient (Wildman–Crippen LogP) is 2.05. The smallest absolute Gasteiger partial charge is 0.251 e. The van der Waals surface area contributed by atoms with Crippen molar-refractivity contribution in [3.8, 4) is 0 Å². The molecular weight excluding hydrogens is 392 g/mol. The average molecular weight is 427 g/mol. The van der Waals surface area contributed by atoms with Gasteiger partial charge in [0.05, 0.1) is 13.0 Å². The zero-order valence-electron chi connectivity index (χ0n) is 18.9. The van der Waals surface area contributed by atoms with Gasteiger partial charge >= 0.3 is 0 Å². The van der Waals surface area contributed by atoms with Crippen LogP contribution in [0.1, 0.15) is 55.5 Å². The van der Waals surface area contributed by atoms with Crippen LogP contribution < -0.4 is 10.2 Å². The van der Waals surface area contributed by atoms with Crippen LogP contribution in [-0.2, 0) is 16.0 Å². The van der Waals surface area contributed by atoms with Crippen molar-refractivity contribution in [1.82, 2.24) is 15.1 Å². The zero-order chi connectivity index (χ0) is 22.2. The molecule has 3 heterocycles. The Labute approximate surface area is 184 Å². The number of nitrogens with one attached hydrogen (secondary N) is 1. The van der Waals surface area contributed by atoms with Crippen LogP contribution in [0.4, 0.5) is 5.69 Å². The van der Waals surface area contributed by atoms with Gasteiger partial charge in [0.25, 0.3) is 5.91 Å². The molecule has 1 N–H and O–H groups in total. The Bertz CT molecular complexity index is 864. The standard InChI is InChI=1S/C24H34N4O3/c1-24(2)8-12-27(13-9-24)22(30)16-26-10-6-19(7-11-26)28-20-5-4-17(23(31)25-3)14-18(20)15-21(28)29/h4-5,14,19H,6-13,15-16H2,1-3H3,(H,25,31). The van der Waals surface area contributed by atoms with Crippen LogP contribution in [0.25, 0.3) is 0 Å². The first kappa shape index (κ1) is 21.8. The fraction of sp³-hybridized carbons (Fsp3) is 0.625. The summed E-state index contributed by atoms with van der Waals surface area (Å²) in [4.78, 5) is 43.6. The fourth-order valence-corrected chi connectivity index (χ4v) is 5.02. The van der Waals surface area contributed by atoms with Crippen molar-refractivity contribution in [2.24, 2.45) is 5.41 Å². The van der Waals surface area contributed by atoms with Gasteiger partial charge in [0.15, 0.2) is 0 Å². The third-order valence-corrected chi connectivity index (χ3v) is 7.19. The second-order valence-corrected chi connectivity index (χ2v) is 9.92. The summed E-state index contributed by atoms with van der Waals surface area (Å²) in [5, 5.41) is 2.63. The SMILES string of the molecule is CNC(=O)c1ccc2c(c1)CC(=O)N2C1CCN(CC(=O)N2CCC(C)(C)CC2)CC1. The number of fused-ring (bicyclic) bond motifs is 1. The summed E-state index contributed by atoms with van der Waals surface area (Å²) in [5.41, 5.74) is 2.79. The minimum atomic E-state index is -0.135. The number of likely N-dealkylation sites (tertiary alicyclic amines) is 2. The summed E-state index contributed by atoms with van der Waals surface area (Å²) in [6, 6.07) is 5.68. The molecule has 0 radical (unpaired) electrons. The second kappa shape index (κ2) is 8.61. The van der Waals surface area contributed by atoms with E-state index in [1.54, 1.807) is 13.1 Å². The third kappa shape index (κ3) is 4.61. The van der Waals surface area contributed by atoms with Crippen LogP contribution in [0.2, 0.25) is 0 Å². The molecule has 168 valence electrons. The molecule has 2 fully saturated rings. The highest BCUT2D eigenvalue weighted by Gasteiger charge is 2.36. The Morgan fingerprint density at radius 2 is 1.77 bits per heavy atom. The fourth-order valence-electron chi connectivity index (χ4n) is 5.02. The summed E-state index contributed by atoms with van der Waals surface area (Å²) in [7, 11) is 1.61. The van der Waals surface area contributed by atoms with Crippen LogP contribution >= 0.6 is 0 Å². The van der Waals surface area contributed by atoms with E-state index in [0.29, 0.717) is 23.9 Å². The number of benzene rings is 1. The molecule has 0 spiro atoms. The molecule has 0 bridgehead atoms. The molecule has 4 rings (SSSR count). The molecule has 31 heavy (non-hydrogen) atoms. The highest BCUT2D eigenvalue weighted by molar-refractivity contribution is 6.03. The molecule has 0 unspecified atom stereocenters. The largest absolute Gasteiger partial charge is 0.355 e. The molecule has 1 aromatic rings. The summed E-state index contributed by atoms with van der Waals surface area (Å²) in [5.74, 6) is 0.205. The molecule has 0 saturated carbocycles. The van der Waals surface area contributed by atoms with Gasteiger partial charge < -0.3 is 15.1 Å². The zero-order valence-corrected chi connectivity index (χ0v) is 18.9. The maximum atomic E-state index is 12.8. The van der Waals surface area contributed by atoms with Crippen LogP contribution in [0.15, 0.2) is 18.2 Å². The van der Waals surface area contributed by atoms with Crippen LogP contribution in [0.3, 0.4) is 0 Å². The lowest BCUT2D eigenvalue weighted by Gasteiger charge is -2.39. The first-order chi connectivity index (χ1) is 14.8. The van der Waals surface area contributed by atoms with Gasteiger partial charge in [-0.25, -0.2) is 0 Å². The topological polar surface area (TPSA) is 73.0 Å². The molecule has 0 aromatic heterocycles. The number of nitrogens with zero attached hydrogens (tertiary/aromatic N) is 3. The number of rotatable bonds is 4. The van der Waals surface area contributed by atoms with Gasteiger partial charge in [0.1, 0.15) is 0 Å². The van der Waals surface area contributed by atoms with Gasteiger partial charge in [-0.05, 0) is 54.9 Å². The molecular formula is C24H34N4O3. The number of piperidine rings is 2. The van der Waals surface area contributed by atoms with Gasteiger partial charge in [-0.3, -0.25) is 19.3 Å². The molecule has 2 saturated heterocycles. The van der Waals surface area contributed by atoms with E-state index in [9.17, 15) is 14.4 Å². The lowest BCUT2D eigenvalue weighted by Crippen LogP contribution is -2.50. The average Bonchev–Trinajstić information content (AvgIpc) is 3.08. The van der Waals surface area contributed by atoms with Gasteiger partial charge in [0, 0.05) is 50.5 Å². The molecule has 0 atom stereocenters. The third-order valence-electron chi connectivity index (χ3n) is 7.19. The van der Waals surface area contributed by atoms with Gasteiger partial charge in [-0.15, -0.1) is 0 Å². The molecule has 7 heteroatoms. The summed E-state index contributed by atoms with van der Waals surface area (Å²) in [6.45, 7) is 8.40. The Kier molecular flexibility index (Phi) is 6.06. The van der Waals surface area contributed by atoms with E-state index < -0.39 is 0 Å². The predicted molar refractivity (Wildman–Crippen MR) is 120 cm³/mol. The number of hydrogen-bond acceptors (Lipinski definition) is 4. The molecule has 7 nitrogen and oxygen atoms in total. The van der Waals surface area contributed by atoms with Crippen molar-refractivity contribution in [3.63, 3.8) is 0 Å². The highest BCUT2D eigenvalue weighted by atomic mass is 16.2. The van der Waals surface area contributed by atoms with Crippen LogP contribution in [0.5, 0.6) is 0 Å². The van der Waals surface area contributed by atoms with Crippen molar-refractivity contribution in [1.29, 1.82) is 0 Å². The summed E-state index contributed by atoms with van der Waals surface area (Å²) in [6.07, 6.45) is 4.22. The Balaban J connectivity index is 1.33. The van der Waals surface area contributed by atoms with E-state index in [0.717, 1.165) is 63.1 Å². The monoisotopic (exact) mass is 426 g/mol. The minimum absolute atomic E-state index is 0.106. The van der Waals surface area contributed by atoms with E-state index in [1.165, 1.54) is 0 Å². The number of carbonyl (C=O) groups excluding carboxylic acids is 3. The molecule has 3 aliphatic rings. The summed E-state index contributed by atoms with van der Waals surface area (Å²) < 4.78 is 0. The summed E-state index contributed by atoms with van der Waals surface area (Å²) >= 11 is 0. The minimum Gasteiger partial charge on any atom is -0.355 e. The quantitative estimate of drug-likeness (QED) is 0.800. The van der Waals surface area contributed by atoms with Gasteiger partial charge in [-0.1, -0.05) is 13.8 Å². The Morgan fingerprint density at radius 1 is 1.10 bits per heavy atom. The maximum Gasteiger partial charge on any atom is 0.251 e. The molecule has 3 amide bonds. The van der Waals surface area contributed by atoms with Crippen LogP contribution in [-0.4, -0.2) is 73.3 Å². The lowest BCUT2D eigenvalue weighted by atomic mass is 9.82. The number of anilines is 1. The highest BCUT2D eigenvalue weighted by Crippen LogP contribution is 2.34. The van der Waals surface area contributed by atoms with Crippen molar-refractivity contribution in [2.45, 2.75) is 52.0 Å². The van der Waals surface area contributed by atoms with Gasteiger partial charge in [0.2, 0.25) is 11.8 Å². The van der Waals surface area contributed by atoms with E-state index >= 15 is 0 Å². The second-order valence-electron chi connectivity index (χ2n) is 9.92. The first-order valence-corrected chi connectivity index (χ1v) is 11.4. The van der Waals surface area contributed by atoms with E-state index in [2.05, 4.69) is 24.1 Å². The molecule has 1 aromatic carbocycles. The van der Waals surface area contributed by atoms with Crippen molar-refractivity contribution < 1.29 is 14.4 Å². The normalized spacial score (nSPS) is 21.8. The number of amides is 3. The molecule has 3 aliphatic heterocycles. The number of carbonyl (C=O) groups is 3. The van der Waals surface area contributed by atoms with E-state index in [4.69, 9.17) is 0 Å². The Morgan fingerprint density at radius 3 is 2.42 bits per heavy atom.